The van der Waals surface area contributed by atoms with Gasteiger partial charge >= 0.3 is 0 Å². The van der Waals surface area contributed by atoms with Gasteiger partial charge in [0.2, 0.25) is 11.8 Å². The van der Waals surface area contributed by atoms with E-state index in [1.807, 2.05) is 88.4 Å². The number of hydrogen-bond acceptors (Lipinski definition) is 5. The number of anilines is 1. The fraction of sp³-hybridized carbons (Fsp3) is 0.220. The molecule has 0 spiro atoms. The van der Waals surface area contributed by atoms with Crippen molar-refractivity contribution >= 4 is 50.7 Å². The van der Waals surface area contributed by atoms with Crippen molar-refractivity contribution in [1.82, 2.24) is 10.2 Å². The molecule has 5 aromatic rings. The number of rotatable bonds is 13. The van der Waals surface area contributed by atoms with Crippen LogP contribution in [0, 0.1) is 6.92 Å². The number of sulfonamides is 1. The molecule has 5 rings (SSSR count). The number of halogens is 2. The molecule has 0 bridgehead atoms. The maximum absolute atomic E-state index is 14.8. The minimum Gasteiger partial charge on any atom is -0.457 e. The van der Waals surface area contributed by atoms with Gasteiger partial charge in [-0.15, -0.1) is 0 Å². The van der Waals surface area contributed by atoms with E-state index in [0.29, 0.717) is 27.1 Å². The Labute approximate surface area is 316 Å². The summed E-state index contributed by atoms with van der Waals surface area (Å²) in [5.41, 5.74) is 1.84. The van der Waals surface area contributed by atoms with E-state index in [0.717, 1.165) is 15.4 Å². The summed E-state index contributed by atoms with van der Waals surface area (Å²) in [6.45, 7) is 6.72. The molecule has 0 heterocycles. The van der Waals surface area contributed by atoms with Gasteiger partial charge in [-0.3, -0.25) is 13.9 Å². The lowest BCUT2D eigenvalue weighted by Gasteiger charge is -2.35. The number of aryl methyl sites for hydroxylation is 1. The Morgan fingerprint density at radius 2 is 1.38 bits per heavy atom. The molecule has 0 radical (unpaired) electrons. The first kappa shape index (κ1) is 38.4. The van der Waals surface area contributed by atoms with Crippen molar-refractivity contribution in [3.63, 3.8) is 0 Å². The third-order valence-corrected chi connectivity index (χ3v) is 10.5. The van der Waals surface area contributed by atoms with E-state index >= 15 is 0 Å². The molecule has 0 fully saturated rings. The Morgan fingerprint density at radius 3 is 1.98 bits per heavy atom. The zero-order valence-electron chi connectivity index (χ0n) is 29.4. The van der Waals surface area contributed by atoms with E-state index in [4.69, 9.17) is 27.9 Å². The van der Waals surface area contributed by atoms with E-state index in [2.05, 4.69) is 5.32 Å². The molecule has 0 unspecified atom stereocenters. The topological polar surface area (TPSA) is 96.0 Å². The number of hydrogen-bond donors (Lipinski definition) is 1. The average Bonchev–Trinajstić information content (AvgIpc) is 3.10. The maximum atomic E-state index is 14.8. The summed E-state index contributed by atoms with van der Waals surface area (Å²) in [5, 5.41) is 3.74. The molecule has 270 valence electrons. The summed E-state index contributed by atoms with van der Waals surface area (Å²) >= 11 is 12.8. The number of carbonyl (C=O) groups is 2. The number of amides is 2. The lowest BCUT2D eigenvalue weighted by Crippen LogP contribution is -2.56. The largest absolute Gasteiger partial charge is 0.457 e. The van der Waals surface area contributed by atoms with Crippen molar-refractivity contribution in [2.75, 3.05) is 10.8 Å². The van der Waals surface area contributed by atoms with Gasteiger partial charge in [-0.2, -0.15) is 0 Å². The standard InChI is InChI=1S/C41H41Cl2N3O5S/c1-29-15-23-36(24-16-29)52(49,50)46(33-19-21-35(22-20-33)51-34-13-9-6-10-14-34)28-39(47)45(27-31-17-18-32(42)26-37(31)43)38(40(48)44-41(2,3)4)25-30-11-7-5-8-12-30/h5-24,26,38H,25,27-28H2,1-4H3,(H,44,48)/t38-/m0/s1. The predicted octanol–water partition coefficient (Wildman–Crippen LogP) is 8.84. The van der Waals surface area contributed by atoms with Crippen LogP contribution in [0.2, 0.25) is 10.0 Å². The quantitative estimate of drug-likeness (QED) is 0.130. The van der Waals surface area contributed by atoms with Crippen molar-refractivity contribution in [2.24, 2.45) is 0 Å². The second-order valence-electron chi connectivity index (χ2n) is 13.4. The second kappa shape index (κ2) is 16.7. The summed E-state index contributed by atoms with van der Waals surface area (Å²) in [4.78, 5) is 30.3. The van der Waals surface area contributed by atoms with Crippen LogP contribution in [-0.2, 0) is 32.6 Å². The van der Waals surface area contributed by atoms with Crippen LogP contribution in [0.5, 0.6) is 11.5 Å². The van der Waals surface area contributed by atoms with E-state index in [-0.39, 0.29) is 23.5 Å². The van der Waals surface area contributed by atoms with Gasteiger partial charge in [-0.05, 0) is 99.5 Å². The van der Waals surface area contributed by atoms with Crippen molar-refractivity contribution in [3.05, 3.63) is 154 Å². The van der Waals surface area contributed by atoms with E-state index in [1.54, 1.807) is 54.6 Å². The van der Waals surface area contributed by atoms with Gasteiger partial charge in [0.1, 0.15) is 24.1 Å². The lowest BCUT2D eigenvalue weighted by molar-refractivity contribution is -0.140. The third kappa shape index (κ3) is 10.2. The van der Waals surface area contributed by atoms with Crippen LogP contribution in [0.25, 0.3) is 0 Å². The minimum absolute atomic E-state index is 0.00844. The first-order valence-electron chi connectivity index (χ1n) is 16.7. The number of ether oxygens (including phenoxy) is 1. The van der Waals surface area contributed by atoms with Crippen LogP contribution >= 0.6 is 23.2 Å². The van der Waals surface area contributed by atoms with Crippen LogP contribution in [0.4, 0.5) is 5.69 Å². The summed E-state index contributed by atoms with van der Waals surface area (Å²) < 4.78 is 35.8. The van der Waals surface area contributed by atoms with Crippen molar-refractivity contribution in [2.45, 2.75) is 57.1 Å². The molecule has 0 saturated carbocycles. The molecule has 8 nitrogen and oxygen atoms in total. The zero-order chi connectivity index (χ0) is 37.5. The lowest BCUT2D eigenvalue weighted by atomic mass is 10.0. The number of nitrogens with one attached hydrogen (secondary N) is 1. The van der Waals surface area contributed by atoms with E-state index in [1.165, 1.54) is 17.0 Å². The number of carbonyl (C=O) groups excluding carboxylic acids is 2. The summed E-state index contributed by atoms with van der Waals surface area (Å²) in [7, 11) is -4.29. The van der Waals surface area contributed by atoms with Crippen LogP contribution < -0.4 is 14.4 Å². The molecule has 2 amide bonds. The first-order chi connectivity index (χ1) is 24.7. The van der Waals surface area contributed by atoms with Crippen LogP contribution in [0.1, 0.15) is 37.5 Å². The Balaban J connectivity index is 1.59. The van der Waals surface area contributed by atoms with E-state index in [9.17, 15) is 18.0 Å². The molecular weight excluding hydrogens is 717 g/mol. The summed E-state index contributed by atoms with van der Waals surface area (Å²) in [6, 6.07) is 35.3. The molecule has 1 atom stereocenters. The van der Waals surface area contributed by atoms with Gasteiger partial charge in [0.05, 0.1) is 10.6 Å². The highest BCUT2D eigenvalue weighted by atomic mass is 35.5. The van der Waals surface area contributed by atoms with Gasteiger partial charge in [-0.25, -0.2) is 8.42 Å². The minimum atomic E-state index is -4.29. The Morgan fingerprint density at radius 1 is 0.788 bits per heavy atom. The molecule has 0 saturated heterocycles. The van der Waals surface area contributed by atoms with Crippen molar-refractivity contribution in [3.8, 4) is 11.5 Å². The van der Waals surface area contributed by atoms with Crippen LogP contribution in [0.3, 0.4) is 0 Å². The Hall–Kier alpha value is -4.83. The van der Waals surface area contributed by atoms with Gasteiger partial charge in [0.15, 0.2) is 0 Å². The smallest absolute Gasteiger partial charge is 0.264 e. The SMILES string of the molecule is Cc1ccc(S(=O)(=O)N(CC(=O)N(Cc2ccc(Cl)cc2Cl)[C@@H](Cc2ccccc2)C(=O)NC(C)(C)C)c2ccc(Oc3ccccc3)cc2)cc1. The van der Waals surface area contributed by atoms with Gasteiger partial charge in [-0.1, -0.05) is 95.5 Å². The number of benzene rings is 5. The predicted molar refractivity (Wildman–Crippen MR) is 208 cm³/mol. The molecule has 52 heavy (non-hydrogen) atoms. The maximum Gasteiger partial charge on any atom is 0.264 e. The van der Waals surface area contributed by atoms with Crippen molar-refractivity contribution < 1.29 is 22.7 Å². The third-order valence-electron chi connectivity index (χ3n) is 8.12. The molecule has 1 N–H and O–H groups in total. The molecule has 5 aromatic carbocycles. The molecule has 11 heteroatoms. The number of nitrogens with zero attached hydrogens (tertiary/aromatic N) is 2. The number of para-hydroxylation sites is 1. The van der Waals surface area contributed by atoms with Crippen LogP contribution in [-0.4, -0.2) is 43.3 Å². The molecular formula is C41H41Cl2N3O5S. The Bertz CT molecular complexity index is 2090. The van der Waals surface area contributed by atoms with E-state index < -0.39 is 40.0 Å². The highest BCUT2D eigenvalue weighted by molar-refractivity contribution is 7.92. The van der Waals surface area contributed by atoms with Gasteiger partial charge in [0, 0.05) is 28.5 Å². The second-order valence-corrected chi connectivity index (χ2v) is 16.1. The fourth-order valence-corrected chi connectivity index (χ4v) is 7.39. The van der Waals surface area contributed by atoms with Crippen LogP contribution in [0.15, 0.2) is 132 Å². The van der Waals surface area contributed by atoms with Gasteiger partial charge in [0.25, 0.3) is 10.0 Å². The molecule has 0 aliphatic rings. The van der Waals surface area contributed by atoms with Gasteiger partial charge < -0.3 is 15.0 Å². The highest BCUT2D eigenvalue weighted by Gasteiger charge is 2.36. The zero-order valence-corrected chi connectivity index (χ0v) is 31.8. The fourth-order valence-electron chi connectivity index (χ4n) is 5.51. The highest BCUT2D eigenvalue weighted by Crippen LogP contribution is 2.30. The van der Waals surface area contributed by atoms with Crippen molar-refractivity contribution in [1.29, 1.82) is 0 Å². The molecule has 0 aromatic heterocycles. The summed E-state index contributed by atoms with van der Waals surface area (Å²) in [5.74, 6) is 0.0836. The first-order valence-corrected chi connectivity index (χ1v) is 18.9. The average molecular weight is 759 g/mol. The molecule has 0 aliphatic carbocycles. The monoisotopic (exact) mass is 757 g/mol. The molecule has 0 aliphatic heterocycles. The Kier molecular flexibility index (Phi) is 12.3. The summed E-state index contributed by atoms with van der Waals surface area (Å²) in [6.07, 6.45) is 0.163. The normalized spacial score (nSPS) is 12.1.